The number of hydrogen-bond acceptors (Lipinski definition) is 7. The second-order valence-corrected chi connectivity index (χ2v) is 14.4. The second-order valence-electron chi connectivity index (χ2n) is 14.4. The van der Waals surface area contributed by atoms with E-state index >= 15 is 0 Å². The van der Waals surface area contributed by atoms with Crippen LogP contribution in [0.1, 0.15) is 93.4 Å². The fourth-order valence-corrected chi connectivity index (χ4v) is 9.43. The standard InChI is InChI=1S/C30H46O8/c1-15(25(36)37)10-16(31)13-29(6,38)20-12-22(35)30(7)24-17(32)11-19-26(2,3)21(34)8-9-27(19,4)23(24)18(33)14-28(20,30)5/h15,17,19-22,32,34-35,38H,8-14H2,1-7H3,(H,36,37). The van der Waals surface area contributed by atoms with Crippen LogP contribution in [0.2, 0.25) is 0 Å². The second kappa shape index (κ2) is 8.95. The molecule has 0 radical (unpaired) electrons. The van der Waals surface area contributed by atoms with Crippen LogP contribution < -0.4 is 0 Å². The van der Waals surface area contributed by atoms with E-state index in [4.69, 9.17) is 0 Å². The number of rotatable bonds is 6. The fraction of sp³-hybridized carbons (Fsp3) is 0.833. The summed E-state index contributed by atoms with van der Waals surface area (Å²) >= 11 is 0. The van der Waals surface area contributed by atoms with Gasteiger partial charge in [0.2, 0.25) is 0 Å². The maximum atomic E-state index is 14.1. The zero-order valence-corrected chi connectivity index (χ0v) is 23.9. The summed E-state index contributed by atoms with van der Waals surface area (Å²) < 4.78 is 0. The van der Waals surface area contributed by atoms with Gasteiger partial charge in [-0.2, -0.15) is 0 Å². The van der Waals surface area contributed by atoms with Crippen LogP contribution in [0.5, 0.6) is 0 Å². The van der Waals surface area contributed by atoms with Gasteiger partial charge >= 0.3 is 5.97 Å². The third kappa shape index (κ3) is 3.88. The first-order chi connectivity index (χ1) is 17.2. The molecule has 2 fully saturated rings. The van der Waals surface area contributed by atoms with Crippen molar-refractivity contribution < 1.29 is 39.9 Å². The van der Waals surface area contributed by atoms with E-state index in [0.717, 1.165) is 0 Å². The SMILES string of the molecule is CC(CC(=O)CC(C)(O)C1CC(O)C2(C)C3=C(C(=O)CC12C)C1(C)CCC(O)C(C)(C)C1CC3O)C(=O)O. The van der Waals surface area contributed by atoms with Gasteiger partial charge in [0.1, 0.15) is 5.78 Å². The van der Waals surface area contributed by atoms with Crippen molar-refractivity contribution in [3.05, 3.63) is 11.1 Å². The number of aliphatic hydroxyl groups excluding tert-OH is 3. The summed E-state index contributed by atoms with van der Waals surface area (Å²) in [6, 6.07) is 0. The smallest absolute Gasteiger partial charge is 0.306 e. The molecule has 4 rings (SSSR count). The summed E-state index contributed by atoms with van der Waals surface area (Å²) in [5.41, 5.74) is -3.41. The number of carboxylic acids is 1. The molecule has 2 saturated carbocycles. The Morgan fingerprint density at radius 1 is 1.05 bits per heavy atom. The minimum absolute atomic E-state index is 0.0674. The average molecular weight is 535 g/mol. The molecule has 8 heteroatoms. The number of carbonyl (C=O) groups excluding carboxylic acids is 2. The number of fused-ring (bicyclic) bond motifs is 4. The lowest BCUT2D eigenvalue weighted by molar-refractivity contribution is -0.148. The van der Waals surface area contributed by atoms with Crippen molar-refractivity contribution in [2.45, 2.75) is 117 Å². The summed E-state index contributed by atoms with van der Waals surface area (Å²) in [6.07, 6.45) is -1.19. The molecular formula is C30H46O8. The van der Waals surface area contributed by atoms with Gasteiger partial charge in [0, 0.05) is 30.3 Å². The molecule has 214 valence electrons. The Morgan fingerprint density at radius 2 is 1.66 bits per heavy atom. The lowest BCUT2D eigenvalue weighted by atomic mass is 9.42. The molecule has 0 spiro atoms. The number of hydrogen-bond donors (Lipinski definition) is 5. The van der Waals surface area contributed by atoms with Crippen LogP contribution in [0.4, 0.5) is 0 Å². The Labute approximate surface area is 225 Å². The zero-order chi connectivity index (χ0) is 28.8. The Bertz CT molecular complexity index is 1070. The number of Topliss-reactive ketones (excluding diaryl/α,β-unsaturated/α-hetero) is 2. The number of aliphatic carboxylic acids is 1. The summed E-state index contributed by atoms with van der Waals surface area (Å²) in [6.45, 7) is 12.8. The first kappa shape index (κ1) is 29.4. The molecule has 0 aromatic rings. The van der Waals surface area contributed by atoms with Gasteiger partial charge in [-0.05, 0) is 66.3 Å². The third-order valence-corrected chi connectivity index (χ3v) is 11.8. The number of carbonyl (C=O) groups is 3. The summed E-state index contributed by atoms with van der Waals surface area (Å²) in [7, 11) is 0. The van der Waals surface area contributed by atoms with Gasteiger partial charge in [-0.3, -0.25) is 14.4 Å². The van der Waals surface area contributed by atoms with Gasteiger partial charge < -0.3 is 25.5 Å². The van der Waals surface area contributed by atoms with Crippen LogP contribution in [0.25, 0.3) is 0 Å². The predicted octanol–water partition coefficient (Wildman–Crippen LogP) is 3.04. The van der Waals surface area contributed by atoms with E-state index in [2.05, 4.69) is 6.92 Å². The molecule has 0 aliphatic heterocycles. The number of allylic oxidation sites excluding steroid dienone is 1. The van der Waals surface area contributed by atoms with Gasteiger partial charge in [0.05, 0.1) is 29.8 Å². The fourth-order valence-electron chi connectivity index (χ4n) is 9.43. The van der Waals surface area contributed by atoms with Crippen molar-refractivity contribution in [3.8, 4) is 0 Å². The van der Waals surface area contributed by atoms with Crippen LogP contribution in [-0.4, -0.2) is 67.0 Å². The van der Waals surface area contributed by atoms with Crippen LogP contribution >= 0.6 is 0 Å². The van der Waals surface area contributed by atoms with Gasteiger partial charge in [-0.1, -0.05) is 41.5 Å². The van der Waals surface area contributed by atoms with Crippen LogP contribution in [-0.2, 0) is 14.4 Å². The maximum Gasteiger partial charge on any atom is 0.306 e. The lowest BCUT2D eigenvalue weighted by Crippen LogP contribution is -2.61. The highest BCUT2D eigenvalue weighted by Crippen LogP contribution is 2.72. The van der Waals surface area contributed by atoms with E-state index in [9.17, 15) is 39.9 Å². The number of ketones is 2. The minimum atomic E-state index is -1.58. The molecule has 5 N–H and O–H groups in total. The molecule has 0 aromatic carbocycles. The largest absolute Gasteiger partial charge is 0.481 e. The minimum Gasteiger partial charge on any atom is -0.481 e. The van der Waals surface area contributed by atoms with E-state index in [1.165, 1.54) is 6.92 Å². The van der Waals surface area contributed by atoms with Crippen molar-refractivity contribution >= 4 is 17.5 Å². The van der Waals surface area contributed by atoms with E-state index in [-0.39, 0.29) is 43.2 Å². The normalized spacial score (nSPS) is 44.5. The Balaban J connectivity index is 1.78. The van der Waals surface area contributed by atoms with E-state index in [1.807, 2.05) is 27.7 Å². The quantitative estimate of drug-likeness (QED) is 0.349. The van der Waals surface area contributed by atoms with Crippen LogP contribution in [0.15, 0.2) is 11.1 Å². The molecule has 4 aliphatic rings. The van der Waals surface area contributed by atoms with Gasteiger partial charge in [-0.15, -0.1) is 0 Å². The highest BCUT2D eigenvalue weighted by molar-refractivity contribution is 6.00. The van der Waals surface area contributed by atoms with Crippen LogP contribution in [0.3, 0.4) is 0 Å². The topological polar surface area (TPSA) is 152 Å². The highest BCUT2D eigenvalue weighted by atomic mass is 16.4. The molecule has 0 aromatic heterocycles. The molecular weight excluding hydrogens is 488 g/mol. The average Bonchev–Trinajstić information content (AvgIpc) is 2.99. The molecule has 0 heterocycles. The van der Waals surface area contributed by atoms with Crippen LogP contribution in [0, 0.1) is 39.4 Å². The molecule has 0 bridgehead atoms. The van der Waals surface area contributed by atoms with Crippen molar-refractivity contribution in [3.63, 3.8) is 0 Å². The molecule has 10 atom stereocenters. The van der Waals surface area contributed by atoms with Crippen molar-refractivity contribution in [2.24, 2.45) is 39.4 Å². The van der Waals surface area contributed by atoms with Crippen molar-refractivity contribution in [1.29, 1.82) is 0 Å². The first-order valence-corrected chi connectivity index (χ1v) is 14.0. The highest BCUT2D eigenvalue weighted by Gasteiger charge is 2.71. The molecule has 8 nitrogen and oxygen atoms in total. The van der Waals surface area contributed by atoms with E-state index in [1.54, 1.807) is 6.92 Å². The summed E-state index contributed by atoms with van der Waals surface area (Å²) in [5, 5.41) is 54.9. The molecule has 0 saturated heterocycles. The monoisotopic (exact) mass is 534 g/mol. The first-order valence-electron chi connectivity index (χ1n) is 14.0. The maximum absolute atomic E-state index is 14.1. The lowest BCUT2D eigenvalue weighted by Gasteiger charge is -2.62. The van der Waals surface area contributed by atoms with E-state index < -0.39 is 63.4 Å². The molecule has 4 aliphatic carbocycles. The number of carboxylic acid groups (broad SMARTS) is 1. The summed E-state index contributed by atoms with van der Waals surface area (Å²) in [4.78, 5) is 38.1. The Hall–Kier alpha value is -1.61. The van der Waals surface area contributed by atoms with Crippen molar-refractivity contribution in [2.75, 3.05) is 0 Å². The number of aliphatic hydroxyl groups is 4. The Kier molecular flexibility index (Phi) is 6.92. The molecule has 38 heavy (non-hydrogen) atoms. The molecule has 0 amide bonds. The molecule has 10 unspecified atom stereocenters. The predicted molar refractivity (Wildman–Crippen MR) is 140 cm³/mol. The third-order valence-electron chi connectivity index (χ3n) is 11.8. The zero-order valence-electron chi connectivity index (χ0n) is 23.9. The Morgan fingerprint density at radius 3 is 2.24 bits per heavy atom. The van der Waals surface area contributed by atoms with Crippen molar-refractivity contribution in [1.82, 2.24) is 0 Å². The van der Waals surface area contributed by atoms with Gasteiger partial charge in [0.15, 0.2) is 5.78 Å². The van der Waals surface area contributed by atoms with E-state index in [0.29, 0.717) is 30.4 Å². The van der Waals surface area contributed by atoms with Gasteiger partial charge in [0.25, 0.3) is 0 Å². The summed E-state index contributed by atoms with van der Waals surface area (Å²) in [5.74, 6) is -3.17. The van der Waals surface area contributed by atoms with Gasteiger partial charge in [-0.25, -0.2) is 0 Å².